The third-order valence-electron chi connectivity index (χ3n) is 5.65. The summed E-state index contributed by atoms with van der Waals surface area (Å²) in [4.78, 5) is 4.79. The Hall–Kier alpha value is -0.550. The number of hydrogen-bond donors (Lipinski definition) is 2. The normalized spacial score (nSPS) is 15.9. The van der Waals surface area contributed by atoms with Gasteiger partial charge in [0.15, 0.2) is 11.8 Å². The highest BCUT2D eigenvalue weighted by molar-refractivity contribution is 14.0. The van der Waals surface area contributed by atoms with Crippen LogP contribution in [0.1, 0.15) is 57.1 Å². The highest BCUT2D eigenvalue weighted by Crippen LogP contribution is 2.40. The summed E-state index contributed by atoms with van der Waals surface area (Å²) in [6, 6.07) is 0. The number of aromatic nitrogens is 3. The quantitative estimate of drug-likeness (QED) is 0.184. The largest absolute Gasteiger partial charge is 0.382 e. The molecule has 9 heteroatoms. The van der Waals surface area contributed by atoms with Gasteiger partial charge >= 0.3 is 0 Å². The average molecular weight is 539 g/mol. The first kappa shape index (κ1) is 26.5. The Morgan fingerprint density at radius 3 is 2.66 bits per heavy atom. The molecule has 7 nitrogen and oxygen atoms in total. The molecular formula is C20H39IN6OS. The Kier molecular flexibility index (Phi) is 13.2. The number of hydrogen-bond acceptors (Lipinski definition) is 5. The number of guanidine groups is 1. The Balaban J connectivity index is 0.00000420. The monoisotopic (exact) mass is 538 g/mol. The lowest BCUT2D eigenvalue weighted by Gasteiger charge is -2.30. The molecule has 1 aliphatic rings. The lowest BCUT2D eigenvalue weighted by atomic mass is 9.83. The molecule has 0 radical (unpaired) electrons. The Bertz CT molecular complexity index is 604. The molecule has 0 aliphatic heterocycles. The second-order valence-corrected chi connectivity index (χ2v) is 8.65. The van der Waals surface area contributed by atoms with Gasteiger partial charge in [-0.1, -0.05) is 12.8 Å². The molecule has 0 atom stereocenters. The Morgan fingerprint density at radius 1 is 1.28 bits per heavy atom. The molecule has 1 fully saturated rings. The first-order valence-electron chi connectivity index (χ1n) is 10.5. The highest BCUT2D eigenvalue weighted by atomic mass is 127. The van der Waals surface area contributed by atoms with Crippen molar-refractivity contribution in [2.45, 2.75) is 58.9 Å². The number of aryl methyl sites for hydroxylation is 1. The van der Waals surface area contributed by atoms with Gasteiger partial charge < -0.3 is 19.9 Å². The predicted molar refractivity (Wildman–Crippen MR) is 133 cm³/mol. The van der Waals surface area contributed by atoms with E-state index in [1.807, 2.05) is 30.3 Å². The smallest absolute Gasteiger partial charge is 0.191 e. The first-order valence-corrected chi connectivity index (χ1v) is 11.9. The molecule has 29 heavy (non-hydrogen) atoms. The fraction of sp³-hybridized carbons (Fsp3) is 0.850. The van der Waals surface area contributed by atoms with E-state index in [0.717, 1.165) is 62.5 Å². The van der Waals surface area contributed by atoms with E-state index in [-0.39, 0.29) is 24.0 Å². The molecule has 0 amide bonds. The van der Waals surface area contributed by atoms with Crippen molar-refractivity contribution in [2.75, 3.05) is 38.3 Å². The van der Waals surface area contributed by atoms with Crippen LogP contribution < -0.4 is 10.6 Å². The van der Waals surface area contributed by atoms with Gasteiger partial charge in [-0.2, -0.15) is 11.8 Å². The summed E-state index contributed by atoms with van der Waals surface area (Å²) in [7, 11) is 1.99. The van der Waals surface area contributed by atoms with E-state index in [9.17, 15) is 0 Å². The summed E-state index contributed by atoms with van der Waals surface area (Å²) in [6.07, 6.45) is 9.58. The zero-order chi connectivity index (χ0) is 20.2. The number of nitrogens with one attached hydrogen (secondary N) is 2. The molecule has 0 aromatic carbocycles. The summed E-state index contributed by atoms with van der Waals surface area (Å²) >= 11 is 1.88. The molecular weight excluding hydrogens is 499 g/mol. The summed E-state index contributed by atoms with van der Waals surface area (Å²) < 4.78 is 7.64. The van der Waals surface area contributed by atoms with Crippen LogP contribution in [-0.2, 0) is 18.3 Å². The topological polar surface area (TPSA) is 76.4 Å². The fourth-order valence-corrected chi connectivity index (χ4v) is 4.11. The van der Waals surface area contributed by atoms with Crippen LogP contribution in [0.25, 0.3) is 0 Å². The number of nitrogens with zero attached hydrogens (tertiary/aromatic N) is 4. The molecule has 1 aromatic heterocycles. The fourth-order valence-electron chi connectivity index (χ4n) is 3.68. The second kappa shape index (κ2) is 14.5. The number of aliphatic imine (C=N–C) groups is 1. The maximum Gasteiger partial charge on any atom is 0.191 e. The van der Waals surface area contributed by atoms with Crippen molar-refractivity contribution < 1.29 is 4.74 Å². The van der Waals surface area contributed by atoms with Crippen LogP contribution >= 0.6 is 35.7 Å². The molecule has 1 heterocycles. The van der Waals surface area contributed by atoms with Crippen LogP contribution in [0.5, 0.6) is 0 Å². The molecule has 0 saturated heterocycles. The van der Waals surface area contributed by atoms with Crippen LogP contribution in [0.4, 0.5) is 0 Å². The lowest BCUT2D eigenvalue weighted by molar-refractivity contribution is 0.105. The summed E-state index contributed by atoms with van der Waals surface area (Å²) in [5.74, 6) is 3.83. The maximum atomic E-state index is 5.65. The third-order valence-corrected chi connectivity index (χ3v) is 6.35. The van der Waals surface area contributed by atoms with Crippen molar-refractivity contribution in [3.63, 3.8) is 0 Å². The SMILES string of the molecule is CCOCCC1(CNC(=NCc2nnc(C)n2C)NCCCSC)CCCC1.I. The van der Waals surface area contributed by atoms with Gasteiger partial charge in [0, 0.05) is 33.4 Å². The van der Waals surface area contributed by atoms with Crippen LogP contribution in [-0.4, -0.2) is 59.0 Å². The lowest BCUT2D eigenvalue weighted by Crippen LogP contribution is -2.44. The van der Waals surface area contributed by atoms with E-state index >= 15 is 0 Å². The minimum absolute atomic E-state index is 0. The van der Waals surface area contributed by atoms with E-state index in [1.54, 1.807) is 0 Å². The zero-order valence-corrected chi connectivity index (χ0v) is 21.6. The molecule has 2 N–H and O–H groups in total. The van der Waals surface area contributed by atoms with Crippen molar-refractivity contribution in [3.8, 4) is 0 Å². The van der Waals surface area contributed by atoms with Crippen molar-refractivity contribution in [1.82, 2.24) is 25.4 Å². The molecule has 168 valence electrons. The molecule has 2 rings (SSSR count). The van der Waals surface area contributed by atoms with Crippen molar-refractivity contribution in [2.24, 2.45) is 17.5 Å². The van der Waals surface area contributed by atoms with Gasteiger partial charge in [-0.25, -0.2) is 4.99 Å². The van der Waals surface area contributed by atoms with Gasteiger partial charge in [-0.15, -0.1) is 34.2 Å². The molecule has 1 aromatic rings. The summed E-state index contributed by atoms with van der Waals surface area (Å²) in [6.45, 7) is 8.08. The molecule has 0 spiro atoms. The van der Waals surface area contributed by atoms with Crippen molar-refractivity contribution in [3.05, 3.63) is 11.6 Å². The highest BCUT2D eigenvalue weighted by Gasteiger charge is 2.33. The van der Waals surface area contributed by atoms with E-state index in [1.165, 1.54) is 25.7 Å². The van der Waals surface area contributed by atoms with Gasteiger partial charge in [0.05, 0.1) is 0 Å². The van der Waals surface area contributed by atoms with E-state index in [0.29, 0.717) is 12.0 Å². The Morgan fingerprint density at radius 2 is 2.03 bits per heavy atom. The minimum Gasteiger partial charge on any atom is -0.382 e. The number of thioether (sulfide) groups is 1. The van der Waals surface area contributed by atoms with Gasteiger partial charge in [-0.05, 0) is 57.0 Å². The van der Waals surface area contributed by atoms with Gasteiger partial charge in [0.1, 0.15) is 12.4 Å². The standard InChI is InChI=1S/C20H38N6OS.HI/c1-5-27-13-11-20(9-6-7-10-20)16-23-19(21-12-8-14-28-4)22-15-18-25-24-17(2)26(18)3;/h5-16H2,1-4H3,(H2,21,22,23);1H. The zero-order valence-electron chi connectivity index (χ0n) is 18.5. The van der Waals surface area contributed by atoms with Crippen molar-refractivity contribution in [1.29, 1.82) is 0 Å². The van der Waals surface area contributed by atoms with E-state index in [2.05, 4.69) is 34.0 Å². The number of ether oxygens (including phenoxy) is 1. The van der Waals surface area contributed by atoms with E-state index < -0.39 is 0 Å². The Labute approximate surface area is 197 Å². The third kappa shape index (κ3) is 9.00. The van der Waals surface area contributed by atoms with Gasteiger partial charge in [0.2, 0.25) is 0 Å². The van der Waals surface area contributed by atoms with Crippen LogP contribution in [0.2, 0.25) is 0 Å². The number of rotatable bonds is 12. The maximum absolute atomic E-state index is 5.65. The summed E-state index contributed by atoms with van der Waals surface area (Å²) in [5.41, 5.74) is 0.332. The predicted octanol–water partition coefficient (Wildman–Crippen LogP) is 3.52. The molecule has 1 saturated carbocycles. The van der Waals surface area contributed by atoms with Crippen LogP contribution in [0, 0.1) is 12.3 Å². The number of halogens is 1. The molecule has 0 unspecified atom stereocenters. The molecule has 1 aliphatic carbocycles. The van der Waals surface area contributed by atoms with Crippen LogP contribution in [0.15, 0.2) is 4.99 Å². The van der Waals surface area contributed by atoms with Gasteiger partial charge in [0.25, 0.3) is 0 Å². The van der Waals surface area contributed by atoms with Crippen LogP contribution in [0.3, 0.4) is 0 Å². The van der Waals surface area contributed by atoms with E-state index in [4.69, 9.17) is 9.73 Å². The average Bonchev–Trinajstić information content (AvgIpc) is 3.29. The molecule has 0 bridgehead atoms. The van der Waals surface area contributed by atoms with Crippen molar-refractivity contribution >= 4 is 41.7 Å². The summed E-state index contributed by atoms with van der Waals surface area (Å²) in [5, 5.41) is 15.5. The second-order valence-electron chi connectivity index (χ2n) is 7.67. The van der Waals surface area contributed by atoms with Gasteiger partial charge in [-0.3, -0.25) is 0 Å². The first-order chi connectivity index (χ1) is 13.6. The minimum atomic E-state index is 0.